The van der Waals surface area contributed by atoms with Crippen LogP contribution in [0, 0.1) is 11.8 Å². The fraction of sp³-hybridized carbons (Fsp3) is 0.318. The average molecular weight is 398 g/mol. The molecule has 5 nitrogen and oxygen atoms in total. The van der Waals surface area contributed by atoms with Gasteiger partial charge in [0.25, 0.3) is 0 Å². The van der Waals surface area contributed by atoms with Gasteiger partial charge in [-0.3, -0.25) is 4.79 Å². The van der Waals surface area contributed by atoms with Crippen LogP contribution in [0.1, 0.15) is 31.2 Å². The molecule has 4 rings (SSSR count). The highest BCUT2D eigenvalue weighted by Gasteiger charge is 2.37. The maximum atomic E-state index is 12.5. The number of para-hydroxylation sites is 2. The van der Waals surface area contributed by atoms with Crippen molar-refractivity contribution in [3.63, 3.8) is 0 Å². The first kappa shape index (κ1) is 18.7. The maximum Gasteiger partial charge on any atom is 0.321 e. The Hall–Kier alpha value is -2.68. The standard InChI is InChI=1S/C22H20ClNO4/c23-16-6-3-5-15(13-16)10-12-22(26)11-4-7-17(14-22)24-20(25)21-27-18-8-1-2-9-19(18)28-21/h1-3,5-6,8-9,13,17,21,26H,4,7,11,14H2,(H,24,25)/t17-,22?/m0/s1. The second-order valence-corrected chi connectivity index (χ2v) is 7.54. The first-order valence-corrected chi connectivity index (χ1v) is 9.62. The molecule has 2 aromatic carbocycles. The van der Waals surface area contributed by atoms with Crippen molar-refractivity contribution in [2.45, 2.75) is 43.6 Å². The molecule has 1 saturated carbocycles. The quantitative estimate of drug-likeness (QED) is 0.763. The Morgan fingerprint density at radius 2 is 1.93 bits per heavy atom. The van der Waals surface area contributed by atoms with Crippen molar-refractivity contribution < 1.29 is 19.4 Å². The molecule has 0 spiro atoms. The largest absolute Gasteiger partial charge is 0.442 e. The van der Waals surface area contributed by atoms with Crippen molar-refractivity contribution in [2.75, 3.05) is 0 Å². The monoisotopic (exact) mass is 397 g/mol. The summed E-state index contributed by atoms with van der Waals surface area (Å²) in [6.45, 7) is 0. The van der Waals surface area contributed by atoms with E-state index in [1.54, 1.807) is 24.3 Å². The minimum absolute atomic E-state index is 0.198. The number of amides is 1. The molecule has 0 saturated heterocycles. The Kier molecular flexibility index (Phi) is 5.17. The van der Waals surface area contributed by atoms with Gasteiger partial charge in [-0.15, -0.1) is 0 Å². The zero-order valence-corrected chi connectivity index (χ0v) is 15.9. The number of carbonyl (C=O) groups is 1. The summed E-state index contributed by atoms with van der Waals surface area (Å²) in [6.07, 6.45) is 1.44. The van der Waals surface area contributed by atoms with Crippen LogP contribution in [0.15, 0.2) is 48.5 Å². The second-order valence-electron chi connectivity index (χ2n) is 7.11. The molecule has 2 aromatic rings. The number of hydrogen-bond acceptors (Lipinski definition) is 4. The second kappa shape index (κ2) is 7.75. The molecule has 0 radical (unpaired) electrons. The molecule has 1 fully saturated rings. The number of rotatable bonds is 2. The summed E-state index contributed by atoms with van der Waals surface area (Å²) in [5, 5.41) is 14.4. The molecular weight excluding hydrogens is 378 g/mol. The van der Waals surface area contributed by atoms with E-state index in [1.807, 2.05) is 24.3 Å². The topological polar surface area (TPSA) is 67.8 Å². The summed E-state index contributed by atoms with van der Waals surface area (Å²) in [5.41, 5.74) is -0.406. The number of halogens is 1. The Labute approximate surface area is 168 Å². The van der Waals surface area contributed by atoms with Gasteiger partial charge in [0.05, 0.1) is 0 Å². The SMILES string of the molecule is O=C(N[C@H]1CCCC(O)(C#Cc2cccc(Cl)c2)C1)C1Oc2ccccc2O1. The first-order valence-electron chi connectivity index (χ1n) is 9.25. The number of aliphatic hydroxyl groups is 1. The van der Waals surface area contributed by atoms with E-state index in [-0.39, 0.29) is 11.9 Å². The zero-order valence-electron chi connectivity index (χ0n) is 15.2. The average Bonchev–Trinajstić information content (AvgIpc) is 3.11. The third-order valence-electron chi connectivity index (χ3n) is 4.87. The van der Waals surface area contributed by atoms with Gasteiger partial charge in [-0.25, -0.2) is 0 Å². The van der Waals surface area contributed by atoms with E-state index in [0.29, 0.717) is 29.4 Å². The van der Waals surface area contributed by atoms with Crippen LogP contribution in [0.4, 0.5) is 0 Å². The summed E-state index contributed by atoms with van der Waals surface area (Å²) in [4.78, 5) is 12.5. The van der Waals surface area contributed by atoms with Crippen molar-refractivity contribution in [3.8, 4) is 23.3 Å². The van der Waals surface area contributed by atoms with Crippen LogP contribution < -0.4 is 14.8 Å². The lowest BCUT2D eigenvalue weighted by atomic mass is 9.82. The van der Waals surface area contributed by atoms with Gasteiger partial charge in [-0.05, 0) is 49.6 Å². The maximum absolute atomic E-state index is 12.5. The lowest BCUT2D eigenvalue weighted by Crippen LogP contribution is -2.49. The van der Waals surface area contributed by atoms with E-state index >= 15 is 0 Å². The Morgan fingerprint density at radius 3 is 2.64 bits per heavy atom. The molecule has 2 aliphatic rings. The van der Waals surface area contributed by atoms with Gasteiger partial charge in [-0.1, -0.05) is 41.6 Å². The summed E-state index contributed by atoms with van der Waals surface area (Å²) >= 11 is 5.98. The zero-order chi connectivity index (χ0) is 19.6. The fourth-order valence-electron chi connectivity index (χ4n) is 3.52. The van der Waals surface area contributed by atoms with Crippen LogP contribution in [-0.4, -0.2) is 28.9 Å². The van der Waals surface area contributed by atoms with Crippen LogP contribution in [0.25, 0.3) is 0 Å². The third kappa shape index (κ3) is 4.24. The fourth-order valence-corrected chi connectivity index (χ4v) is 3.71. The summed E-state index contributed by atoms with van der Waals surface area (Å²) in [7, 11) is 0. The van der Waals surface area contributed by atoms with E-state index in [1.165, 1.54) is 0 Å². The number of fused-ring (bicyclic) bond motifs is 1. The molecule has 2 N–H and O–H groups in total. The Bertz CT molecular complexity index is 926. The molecule has 1 unspecified atom stereocenters. The molecule has 1 aliphatic carbocycles. The number of carbonyl (C=O) groups excluding carboxylic acids is 1. The molecule has 1 amide bonds. The summed E-state index contributed by atoms with van der Waals surface area (Å²) < 4.78 is 11.1. The van der Waals surface area contributed by atoms with E-state index < -0.39 is 11.9 Å². The Morgan fingerprint density at radius 1 is 1.18 bits per heavy atom. The van der Waals surface area contributed by atoms with E-state index in [9.17, 15) is 9.90 Å². The van der Waals surface area contributed by atoms with E-state index in [2.05, 4.69) is 17.2 Å². The molecule has 2 atom stereocenters. The molecule has 144 valence electrons. The molecule has 0 aromatic heterocycles. The minimum atomic E-state index is -1.15. The van der Waals surface area contributed by atoms with Crippen molar-refractivity contribution >= 4 is 17.5 Å². The Balaban J connectivity index is 1.38. The van der Waals surface area contributed by atoms with E-state index in [4.69, 9.17) is 21.1 Å². The molecule has 0 bridgehead atoms. The van der Waals surface area contributed by atoms with Gasteiger partial charge < -0.3 is 19.9 Å². The van der Waals surface area contributed by atoms with Crippen molar-refractivity contribution in [1.29, 1.82) is 0 Å². The van der Waals surface area contributed by atoms with Crippen LogP contribution >= 0.6 is 11.6 Å². The minimum Gasteiger partial charge on any atom is -0.442 e. The molecule has 1 aliphatic heterocycles. The molecule has 6 heteroatoms. The van der Waals surface area contributed by atoms with Crippen LogP contribution in [-0.2, 0) is 4.79 Å². The van der Waals surface area contributed by atoms with Crippen LogP contribution in [0.3, 0.4) is 0 Å². The van der Waals surface area contributed by atoms with Crippen LogP contribution in [0.5, 0.6) is 11.5 Å². The van der Waals surface area contributed by atoms with Gasteiger partial charge in [0, 0.05) is 23.0 Å². The number of hydrogen-bond donors (Lipinski definition) is 2. The van der Waals surface area contributed by atoms with Gasteiger partial charge in [0.2, 0.25) is 0 Å². The summed E-state index contributed by atoms with van der Waals surface area (Å²) in [5.74, 6) is 6.70. The van der Waals surface area contributed by atoms with Gasteiger partial charge in [-0.2, -0.15) is 0 Å². The number of benzene rings is 2. The van der Waals surface area contributed by atoms with Crippen LogP contribution in [0.2, 0.25) is 5.02 Å². The first-order chi connectivity index (χ1) is 13.5. The van der Waals surface area contributed by atoms with Gasteiger partial charge in [0.15, 0.2) is 11.5 Å². The highest BCUT2D eigenvalue weighted by atomic mass is 35.5. The molecular formula is C22H20ClNO4. The van der Waals surface area contributed by atoms with Crippen molar-refractivity contribution in [1.82, 2.24) is 5.32 Å². The number of ether oxygens (including phenoxy) is 2. The van der Waals surface area contributed by atoms with E-state index in [0.717, 1.165) is 18.4 Å². The highest BCUT2D eigenvalue weighted by molar-refractivity contribution is 6.30. The lowest BCUT2D eigenvalue weighted by molar-refractivity contribution is -0.138. The lowest BCUT2D eigenvalue weighted by Gasteiger charge is -2.33. The summed E-state index contributed by atoms with van der Waals surface area (Å²) in [6, 6.07) is 14.2. The van der Waals surface area contributed by atoms with Gasteiger partial charge >= 0.3 is 12.2 Å². The number of nitrogens with one attached hydrogen (secondary N) is 1. The van der Waals surface area contributed by atoms with Crippen molar-refractivity contribution in [2.24, 2.45) is 0 Å². The smallest absolute Gasteiger partial charge is 0.321 e. The highest BCUT2D eigenvalue weighted by Crippen LogP contribution is 2.34. The predicted octanol–water partition coefficient (Wildman–Crippen LogP) is 3.28. The van der Waals surface area contributed by atoms with Crippen molar-refractivity contribution in [3.05, 3.63) is 59.1 Å². The molecule has 28 heavy (non-hydrogen) atoms. The normalized spacial score (nSPS) is 23.6. The van der Waals surface area contributed by atoms with Gasteiger partial charge in [0.1, 0.15) is 5.60 Å². The molecule has 1 heterocycles. The predicted molar refractivity (Wildman–Crippen MR) is 105 cm³/mol. The third-order valence-corrected chi connectivity index (χ3v) is 5.10.